The van der Waals surface area contributed by atoms with E-state index in [1.165, 1.54) is 18.2 Å². The molecule has 0 fully saturated rings. The van der Waals surface area contributed by atoms with Crippen LogP contribution in [0.15, 0.2) is 54.7 Å². The molecule has 0 radical (unpaired) electrons. The fourth-order valence-corrected chi connectivity index (χ4v) is 2.45. The minimum atomic E-state index is -0.410. The van der Waals surface area contributed by atoms with Gasteiger partial charge in [-0.3, -0.25) is 15.1 Å². The van der Waals surface area contributed by atoms with Gasteiger partial charge in [-0.05, 0) is 42.3 Å². The lowest BCUT2D eigenvalue weighted by atomic mass is 10.1. The molecule has 23 heavy (non-hydrogen) atoms. The van der Waals surface area contributed by atoms with Gasteiger partial charge in [0.05, 0.1) is 16.0 Å². The molecule has 6 heteroatoms. The molecule has 0 aliphatic carbocycles. The zero-order chi connectivity index (χ0) is 16.2. The first kappa shape index (κ1) is 14.9. The van der Waals surface area contributed by atoms with Crippen molar-refractivity contribution in [1.82, 2.24) is 4.98 Å². The van der Waals surface area contributed by atoms with Crippen LogP contribution in [0.1, 0.15) is 5.56 Å². The number of benzene rings is 2. The Morgan fingerprint density at radius 1 is 1.13 bits per heavy atom. The zero-order valence-corrected chi connectivity index (χ0v) is 12.2. The Morgan fingerprint density at radius 2 is 1.91 bits per heavy atom. The molecular weight excluding hydrogens is 297 g/mol. The number of anilines is 1. The SMILES string of the molecule is O=[N+]([O-])c1ccc(NCCc2ccc(F)cc2)c2ncccc12. The summed E-state index contributed by atoms with van der Waals surface area (Å²) >= 11 is 0. The number of hydrogen-bond donors (Lipinski definition) is 1. The highest BCUT2D eigenvalue weighted by Crippen LogP contribution is 2.29. The van der Waals surface area contributed by atoms with Crippen molar-refractivity contribution in [3.63, 3.8) is 0 Å². The Hall–Kier alpha value is -3.02. The molecule has 0 saturated carbocycles. The van der Waals surface area contributed by atoms with Crippen LogP contribution in [0.2, 0.25) is 0 Å². The maximum absolute atomic E-state index is 12.9. The second-order valence-corrected chi connectivity index (χ2v) is 5.09. The van der Waals surface area contributed by atoms with E-state index >= 15 is 0 Å². The van der Waals surface area contributed by atoms with Crippen LogP contribution in [0.25, 0.3) is 10.9 Å². The number of nitro groups is 1. The molecule has 3 rings (SSSR count). The third kappa shape index (κ3) is 3.26. The Balaban J connectivity index is 1.79. The van der Waals surface area contributed by atoms with E-state index < -0.39 is 4.92 Å². The second-order valence-electron chi connectivity index (χ2n) is 5.09. The predicted octanol–water partition coefficient (Wildman–Crippen LogP) is 3.94. The number of fused-ring (bicyclic) bond motifs is 1. The summed E-state index contributed by atoms with van der Waals surface area (Å²) in [4.78, 5) is 14.9. The highest BCUT2D eigenvalue weighted by molar-refractivity contribution is 5.96. The number of aromatic nitrogens is 1. The molecule has 0 aliphatic rings. The quantitative estimate of drug-likeness (QED) is 0.572. The van der Waals surface area contributed by atoms with Gasteiger partial charge in [-0.2, -0.15) is 0 Å². The zero-order valence-electron chi connectivity index (χ0n) is 12.2. The third-order valence-electron chi connectivity index (χ3n) is 3.59. The molecule has 2 aromatic carbocycles. The van der Waals surface area contributed by atoms with Gasteiger partial charge in [-0.1, -0.05) is 12.1 Å². The molecule has 0 bridgehead atoms. The molecule has 5 nitrogen and oxygen atoms in total. The molecule has 1 N–H and O–H groups in total. The monoisotopic (exact) mass is 311 g/mol. The van der Waals surface area contributed by atoms with E-state index in [1.807, 2.05) is 0 Å². The van der Waals surface area contributed by atoms with Gasteiger partial charge in [0.1, 0.15) is 11.3 Å². The summed E-state index contributed by atoms with van der Waals surface area (Å²) in [6.07, 6.45) is 2.32. The summed E-state index contributed by atoms with van der Waals surface area (Å²) in [6.45, 7) is 0.620. The van der Waals surface area contributed by atoms with Crippen LogP contribution >= 0.6 is 0 Å². The smallest absolute Gasteiger partial charge is 0.278 e. The molecular formula is C17H14FN3O2. The fourth-order valence-electron chi connectivity index (χ4n) is 2.45. The first-order valence-corrected chi connectivity index (χ1v) is 7.15. The molecule has 0 saturated heterocycles. The standard InChI is InChI=1S/C17H14FN3O2/c18-13-5-3-12(4-6-13)9-11-19-15-7-8-16(21(22)23)14-2-1-10-20-17(14)15/h1-8,10,19H,9,11H2. The third-order valence-corrected chi connectivity index (χ3v) is 3.59. The summed E-state index contributed by atoms with van der Waals surface area (Å²) in [5, 5.41) is 14.8. The van der Waals surface area contributed by atoms with Gasteiger partial charge in [0.15, 0.2) is 0 Å². The van der Waals surface area contributed by atoms with Crippen LogP contribution in [0.3, 0.4) is 0 Å². The topological polar surface area (TPSA) is 68.1 Å². The molecule has 3 aromatic rings. The van der Waals surface area contributed by atoms with Crippen molar-refractivity contribution in [2.45, 2.75) is 6.42 Å². The maximum Gasteiger partial charge on any atom is 0.278 e. The van der Waals surface area contributed by atoms with Crippen LogP contribution in [-0.4, -0.2) is 16.5 Å². The minimum absolute atomic E-state index is 0.0391. The second kappa shape index (κ2) is 6.39. The summed E-state index contributed by atoms with van der Waals surface area (Å²) in [7, 11) is 0. The van der Waals surface area contributed by atoms with Crippen LogP contribution in [-0.2, 0) is 6.42 Å². The number of nitrogens with one attached hydrogen (secondary N) is 1. The lowest BCUT2D eigenvalue weighted by Gasteiger charge is -2.09. The van der Waals surface area contributed by atoms with E-state index in [0.717, 1.165) is 11.3 Å². The lowest BCUT2D eigenvalue weighted by molar-refractivity contribution is -0.383. The van der Waals surface area contributed by atoms with E-state index in [-0.39, 0.29) is 11.5 Å². The highest BCUT2D eigenvalue weighted by atomic mass is 19.1. The van der Waals surface area contributed by atoms with Gasteiger partial charge in [0, 0.05) is 18.8 Å². The molecule has 0 unspecified atom stereocenters. The molecule has 116 valence electrons. The highest BCUT2D eigenvalue weighted by Gasteiger charge is 2.14. The number of rotatable bonds is 5. The predicted molar refractivity (Wildman–Crippen MR) is 87.0 cm³/mol. The van der Waals surface area contributed by atoms with Crippen LogP contribution < -0.4 is 5.32 Å². The number of non-ortho nitro benzene ring substituents is 1. The van der Waals surface area contributed by atoms with Gasteiger partial charge in [-0.15, -0.1) is 0 Å². The first-order chi connectivity index (χ1) is 11.1. The fraction of sp³-hybridized carbons (Fsp3) is 0.118. The number of hydrogen-bond acceptors (Lipinski definition) is 4. The maximum atomic E-state index is 12.9. The number of halogens is 1. The average molecular weight is 311 g/mol. The molecule has 1 heterocycles. The number of nitro benzene ring substituents is 1. The van der Waals surface area contributed by atoms with E-state index in [4.69, 9.17) is 0 Å². The number of nitrogens with zero attached hydrogens (tertiary/aromatic N) is 2. The van der Waals surface area contributed by atoms with Crippen molar-refractivity contribution in [3.8, 4) is 0 Å². The Labute approximate surface area is 131 Å². The van der Waals surface area contributed by atoms with Crippen molar-refractivity contribution in [2.75, 3.05) is 11.9 Å². The lowest BCUT2D eigenvalue weighted by Crippen LogP contribution is -2.06. The summed E-state index contributed by atoms with van der Waals surface area (Å²) in [5.41, 5.74) is 2.37. The summed E-state index contributed by atoms with van der Waals surface area (Å²) in [5.74, 6) is -0.257. The largest absolute Gasteiger partial charge is 0.383 e. The Bertz CT molecular complexity index is 850. The molecule has 0 aliphatic heterocycles. The van der Waals surface area contributed by atoms with E-state index in [0.29, 0.717) is 23.9 Å². The molecule has 1 aromatic heterocycles. The van der Waals surface area contributed by atoms with Crippen LogP contribution in [0.4, 0.5) is 15.8 Å². The molecule has 0 amide bonds. The van der Waals surface area contributed by atoms with Gasteiger partial charge >= 0.3 is 0 Å². The minimum Gasteiger partial charge on any atom is -0.383 e. The van der Waals surface area contributed by atoms with Gasteiger partial charge in [0.25, 0.3) is 5.69 Å². The van der Waals surface area contributed by atoms with Gasteiger partial charge < -0.3 is 5.32 Å². The van der Waals surface area contributed by atoms with E-state index in [1.54, 1.807) is 36.5 Å². The van der Waals surface area contributed by atoms with Crippen molar-refractivity contribution in [3.05, 3.63) is 76.2 Å². The normalized spacial score (nSPS) is 10.7. The molecule has 0 atom stereocenters. The van der Waals surface area contributed by atoms with Gasteiger partial charge in [0.2, 0.25) is 0 Å². The number of pyridine rings is 1. The van der Waals surface area contributed by atoms with Crippen molar-refractivity contribution in [2.24, 2.45) is 0 Å². The Kier molecular flexibility index (Phi) is 4.14. The van der Waals surface area contributed by atoms with Crippen molar-refractivity contribution < 1.29 is 9.31 Å². The summed E-state index contributed by atoms with van der Waals surface area (Å²) in [6, 6.07) is 12.8. The van der Waals surface area contributed by atoms with Crippen LogP contribution in [0, 0.1) is 15.9 Å². The summed E-state index contributed by atoms with van der Waals surface area (Å²) < 4.78 is 12.9. The first-order valence-electron chi connectivity index (χ1n) is 7.15. The van der Waals surface area contributed by atoms with E-state index in [2.05, 4.69) is 10.3 Å². The Morgan fingerprint density at radius 3 is 2.65 bits per heavy atom. The van der Waals surface area contributed by atoms with Crippen molar-refractivity contribution in [1.29, 1.82) is 0 Å². The van der Waals surface area contributed by atoms with E-state index in [9.17, 15) is 14.5 Å². The van der Waals surface area contributed by atoms with Gasteiger partial charge in [-0.25, -0.2) is 4.39 Å². The van der Waals surface area contributed by atoms with Crippen molar-refractivity contribution >= 4 is 22.3 Å². The van der Waals surface area contributed by atoms with Crippen LogP contribution in [0.5, 0.6) is 0 Å². The molecule has 0 spiro atoms. The average Bonchev–Trinajstić information content (AvgIpc) is 2.56.